The Kier molecular flexibility index (Phi) is 4.55. The molecule has 1 N–H and O–H groups in total. The molecule has 0 unspecified atom stereocenters. The lowest BCUT2D eigenvalue weighted by atomic mass is 10.3. The van der Waals surface area contributed by atoms with Gasteiger partial charge in [-0.1, -0.05) is 31.0 Å². The third-order valence-corrected chi connectivity index (χ3v) is 3.91. The van der Waals surface area contributed by atoms with Crippen LogP contribution < -0.4 is 5.32 Å². The van der Waals surface area contributed by atoms with E-state index in [9.17, 15) is 0 Å². The minimum atomic E-state index is 0.472. The summed E-state index contributed by atoms with van der Waals surface area (Å²) >= 11 is 0. The minimum Gasteiger partial charge on any atom is -0.376 e. The summed E-state index contributed by atoms with van der Waals surface area (Å²) in [7, 11) is 0. The maximum absolute atomic E-state index is 5.94. The molecule has 1 aromatic carbocycles. The highest BCUT2D eigenvalue weighted by atomic mass is 16.5. The van der Waals surface area contributed by atoms with Gasteiger partial charge in [-0.2, -0.15) is 0 Å². The first-order valence-electron chi connectivity index (χ1n) is 7.79. The number of rotatable bonds is 6. The van der Waals surface area contributed by atoms with Crippen molar-refractivity contribution in [3.63, 3.8) is 0 Å². The van der Waals surface area contributed by atoms with Crippen molar-refractivity contribution in [3.05, 3.63) is 42.2 Å². The van der Waals surface area contributed by atoms with Crippen LogP contribution in [0, 0.1) is 6.92 Å². The van der Waals surface area contributed by atoms with Crippen LogP contribution in [-0.4, -0.2) is 22.3 Å². The fraction of sp³-hybridized carbons (Fsp3) is 0.471. The molecule has 1 heterocycles. The van der Waals surface area contributed by atoms with Gasteiger partial charge in [0.15, 0.2) is 0 Å². The Balaban J connectivity index is 1.59. The van der Waals surface area contributed by atoms with E-state index in [1.165, 1.54) is 25.7 Å². The molecule has 112 valence electrons. The van der Waals surface area contributed by atoms with Crippen LogP contribution in [0.15, 0.2) is 36.5 Å². The summed E-state index contributed by atoms with van der Waals surface area (Å²) in [5.41, 5.74) is 2.08. The van der Waals surface area contributed by atoms with E-state index in [4.69, 9.17) is 4.74 Å². The molecular weight excluding hydrogens is 262 g/mol. The Labute approximate surface area is 126 Å². The van der Waals surface area contributed by atoms with Crippen LogP contribution in [0.5, 0.6) is 0 Å². The Morgan fingerprint density at radius 2 is 2.00 bits per heavy atom. The molecule has 0 saturated heterocycles. The molecule has 0 aliphatic heterocycles. The average molecular weight is 285 g/mol. The summed E-state index contributed by atoms with van der Waals surface area (Å²) in [5.74, 6) is 0.883. The quantitative estimate of drug-likeness (QED) is 0.875. The van der Waals surface area contributed by atoms with Crippen molar-refractivity contribution in [1.29, 1.82) is 0 Å². The second kappa shape index (κ2) is 6.76. The van der Waals surface area contributed by atoms with E-state index in [-0.39, 0.29) is 0 Å². The van der Waals surface area contributed by atoms with Crippen molar-refractivity contribution in [1.82, 2.24) is 9.55 Å². The molecule has 1 saturated carbocycles. The minimum absolute atomic E-state index is 0.472. The number of benzene rings is 1. The lowest BCUT2D eigenvalue weighted by molar-refractivity contribution is 0.0532. The molecule has 1 fully saturated rings. The number of ether oxygens (including phenoxy) is 1. The third kappa shape index (κ3) is 3.85. The van der Waals surface area contributed by atoms with Gasteiger partial charge in [-0.3, -0.25) is 0 Å². The van der Waals surface area contributed by atoms with Crippen LogP contribution in [0.1, 0.15) is 31.4 Å². The molecule has 4 nitrogen and oxygen atoms in total. The Bertz CT molecular complexity index is 559. The molecular formula is C17H23N3O. The van der Waals surface area contributed by atoms with Crippen LogP contribution in [0.2, 0.25) is 0 Å². The molecule has 0 radical (unpaired) electrons. The third-order valence-electron chi connectivity index (χ3n) is 3.91. The predicted octanol–water partition coefficient (Wildman–Crippen LogP) is 3.89. The highest BCUT2D eigenvalue weighted by Gasteiger charge is 2.15. The molecule has 0 spiro atoms. The lowest BCUT2D eigenvalue weighted by Crippen LogP contribution is -2.14. The smallest absolute Gasteiger partial charge is 0.207 e. The monoisotopic (exact) mass is 285 g/mol. The maximum Gasteiger partial charge on any atom is 0.207 e. The Morgan fingerprint density at radius 1 is 1.24 bits per heavy atom. The second-order valence-electron chi connectivity index (χ2n) is 5.67. The Hall–Kier alpha value is -1.81. The highest BCUT2D eigenvalue weighted by molar-refractivity contribution is 5.53. The van der Waals surface area contributed by atoms with Gasteiger partial charge in [0.2, 0.25) is 5.95 Å². The molecule has 1 aliphatic carbocycles. The molecule has 0 atom stereocenters. The topological polar surface area (TPSA) is 39.1 Å². The second-order valence-corrected chi connectivity index (χ2v) is 5.67. The summed E-state index contributed by atoms with van der Waals surface area (Å²) in [6.45, 7) is 3.61. The first-order chi connectivity index (χ1) is 10.3. The summed E-state index contributed by atoms with van der Waals surface area (Å²) < 4.78 is 8.08. The van der Waals surface area contributed by atoms with E-state index in [2.05, 4.69) is 21.1 Å². The van der Waals surface area contributed by atoms with Crippen LogP contribution in [-0.2, 0) is 11.3 Å². The van der Waals surface area contributed by atoms with Gasteiger partial charge >= 0.3 is 0 Å². The summed E-state index contributed by atoms with van der Waals surface area (Å²) in [6.07, 6.45) is 7.62. The van der Waals surface area contributed by atoms with Gasteiger partial charge in [0.25, 0.3) is 0 Å². The average Bonchev–Trinajstić information content (AvgIpc) is 3.11. The number of nitrogens with zero attached hydrogens (tertiary/aromatic N) is 2. The first kappa shape index (κ1) is 14.1. The van der Waals surface area contributed by atoms with Crippen LogP contribution >= 0.6 is 0 Å². The van der Waals surface area contributed by atoms with E-state index in [1.807, 2.05) is 37.3 Å². The summed E-state index contributed by atoms with van der Waals surface area (Å²) in [5, 5.41) is 3.37. The highest BCUT2D eigenvalue weighted by Crippen LogP contribution is 2.21. The summed E-state index contributed by atoms with van der Waals surface area (Å²) in [6, 6.07) is 10.1. The van der Waals surface area contributed by atoms with Crippen molar-refractivity contribution in [2.24, 2.45) is 0 Å². The maximum atomic E-state index is 5.94. The molecule has 4 heteroatoms. The first-order valence-corrected chi connectivity index (χ1v) is 7.79. The van der Waals surface area contributed by atoms with Gasteiger partial charge in [-0.15, -0.1) is 0 Å². The number of aryl methyl sites for hydroxylation is 1. The molecule has 2 aromatic rings. The van der Waals surface area contributed by atoms with E-state index in [0.717, 1.165) is 30.5 Å². The van der Waals surface area contributed by atoms with Gasteiger partial charge in [0.05, 0.1) is 18.4 Å². The Morgan fingerprint density at radius 3 is 2.76 bits per heavy atom. The number of nitrogens with one attached hydrogen (secondary N) is 1. The van der Waals surface area contributed by atoms with Gasteiger partial charge in [-0.05, 0) is 31.9 Å². The number of anilines is 2. The molecule has 3 rings (SSSR count). The fourth-order valence-corrected chi connectivity index (χ4v) is 2.84. The largest absolute Gasteiger partial charge is 0.376 e. The van der Waals surface area contributed by atoms with Gasteiger partial charge in [-0.25, -0.2) is 4.98 Å². The predicted molar refractivity (Wildman–Crippen MR) is 84.9 cm³/mol. The fourth-order valence-electron chi connectivity index (χ4n) is 2.84. The van der Waals surface area contributed by atoms with Gasteiger partial charge < -0.3 is 14.6 Å². The molecule has 0 bridgehead atoms. The van der Waals surface area contributed by atoms with Crippen LogP contribution in [0.25, 0.3) is 0 Å². The number of imidazole rings is 1. The number of para-hydroxylation sites is 1. The van der Waals surface area contributed by atoms with E-state index >= 15 is 0 Å². The molecule has 21 heavy (non-hydrogen) atoms. The lowest BCUT2D eigenvalue weighted by Gasteiger charge is -2.13. The normalized spacial score (nSPS) is 15.5. The molecule has 0 amide bonds. The van der Waals surface area contributed by atoms with Crippen molar-refractivity contribution in [2.45, 2.75) is 45.3 Å². The van der Waals surface area contributed by atoms with Gasteiger partial charge in [0.1, 0.15) is 0 Å². The zero-order valence-corrected chi connectivity index (χ0v) is 12.6. The number of hydrogen-bond acceptors (Lipinski definition) is 3. The molecule has 1 aromatic heterocycles. The van der Waals surface area contributed by atoms with E-state index in [0.29, 0.717) is 6.10 Å². The van der Waals surface area contributed by atoms with Crippen molar-refractivity contribution in [3.8, 4) is 0 Å². The van der Waals surface area contributed by atoms with Crippen molar-refractivity contribution < 1.29 is 4.74 Å². The van der Waals surface area contributed by atoms with Gasteiger partial charge in [0, 0.05) is 18.4 Å². The summed E-state index contributed by atoms with van der Waals surface area (Å²) in [4.78, 5) is 4.55. The van der Waals surface area contributed by atoms with E-state index in [1.54, 1.807) is 0 Å². The van der Waals surface area contributed by atoms with Crippen LogP contribution in [0.3, 0.4) is 0 Å². The zero-order valence-electron chi connectivity index (χ0n) is 12.6. The standard InChI is InChI=1S/C17H23N3O/c1-14-13-20(11-12-21-16-9-5-6-10-16)17(18-14)19-15-7-3-2-4-8-15/h2-4,7-8,13,16H,5-6,9-12H2,1H3,(H,18,19). The zero-order chi connectivity index (χ0) is 14.5. The van der Waals surface area contributed by atoms with Crippen molar-refractivity contribution >= 4 is 11.6 Å². The van der Waals surface area contributed by atoms with Crippen LogP contribution in [0.4, 0.5) is 11.6 Å². The number of aromatic nitrogens is 2. The molecule has 1 aliphatic rings. The van der Waals surface area contributed by atoms with Crippen molar-refractivity contribution in [2.75, 3.05) is 11.9 Å². The van der Waals surface area contributed by atoms with E-state index < -0.39 is 0 Å². The number of hydrogen-bond donors (Lipinski definition) is 1. The SMILES string of the molecule is Cc1cn(CCOC2CCCC2)c(Nc2ccccc2)n1.